The standard InChI is InChI=1S/C11H20N4/c1-8(2)15-11(9-4-3-5-9)10(6-7-12)13-14-15/h8-9H,3-7,12H2,1-2H3. The molecule has 0 saturated heterocycles. The molecule has 1 heterocycles. The molecule has 0 atom stereocenters. The van der Waals surface area contributed by atoms with E-state index in [0.717, 1.165) is 12.1 Å². The first-order valence-electron chi connectivity index (χ1n) is 5.88. The average Bonchev–Trinajstić information content (AvgIpc) is 2.47. The second-order valence-electron chi connectivity index (χ2n) is 4.63. The lowest BCUT2D eigenvalue weighted by Crippen LogP contribution is -2.18. The van der Waals surface area contributed by atoms with Crippen LogP contribution in [0.15, 0.2) is 0 Å². The van der Waals surface area contributed by atoms with Crippen LogP contribution in [0, 0.1) is 0 Å². The van der Waals surface area contributed by atoms with E-state index in [0.29, 0.717) is 18.5 Å². The van der Waals surface area contributed by atoms with Crippen LogP contribution in [0.4, 0.5) is 0 Å². The summed E-state index contributed by atoms with van der Waals surface area (Å²) in [5.74, 6) is 0.684. The Kier molecular flexibility index (Phi) is 3.05. The Hall–Kier alpha value is -0.900. The molecule has 1 aliphatic carbocycles. The smallest absolute Gasteiger partial charge is 0.0874 e. The molecule has 2 rings (SSSR count). The monoisotopic (exact) mass is 208 g/mol. The minimum absolute atomic E-state index is 0.402. The zero-order valence-corrected chi connectivity index (χ0v) is 9.61. The fourth-order valence-corrected chi connectivity index (χ4v) is 2.13. The lowest BCUT2D eigenvalue weighted by atomic mass is 9.81. The van der Waals surface area contributed by atoms with Gasteiger partial charge in [-0.15, -0.1) is 5.10 Å². The molecule has 0 bridgehead atoms. The molecule has 1 aliphatic rings. The molecule has 2 N–H and O–H groups in total. The van der Waals surface area contributed by atoms with Crippen LogP contribution in [0.25, 0.3) is 0 Å². The van der Waals surface area contributed by atoms with Crippen molar-refractivity contribution in [3.63, 3.8) is 0 Å². The highest BCUT2D eigenvalue weighted by Gasteiger charge is 2.27. The van der Waals surface area contributed by atoms with Gasteiger partial charge in [-0.3, -0.25) is 0 Å². The van der Waals surface area contributed by atoms with Crippen LogP contribution in [0.1, 0.15) is 56.5 Å². The molecule has 15 heavy (non-hydrogen) atoms. The first-order valence-corrected chi connectivity index (χ1v) is 5.88. The fraction of sp³-hybridized carbons (Fsp3) is 0.818. The van der Waals surface area contributed by atoms with E-state index in [1.54, 1.807) is 0 Å². The van der Waals surface area contributed by atoms with Gasteiger partial charge in [0.1, 0.15) is 0 Å². The highest BCUT2D eigenvalue weighted by Crippen LogP contribution is 2.38. The van der Waals surface area contributed by atoms with Gasteiger partial charge in [-0.05, 0) is 33.2 Å². The van der Waals surface area contributed by atoms with Crippen molar-refractivity contribution in [2.45, 2.75) is 51.5 Å². The van der Waals surface area contributed by atoms with Gasteiger partial charge < -0.3 is 5.73 Å². The molecule has 4 nitrogen and oxygen atoms in total. The van der Waals surface area contributed by atoms with Crippen LogP contribution in [0.3, 0.4) is 0 Å². The molecule has 0 unspecified atom stereocenters. The second-order valence-corrected chi connectivity index (χ2v) is 4.63. The predicted octanol–water partition coefficient (Wildman–Crippen LogP) is 1.63. The Balaban J connectivity index is 2.30. The van der Waals surface area contributed by atoms with E-state index in [2.05, 4.69) is 28.8 Å². The molecule has 0 aliphatic heterocycles. The van der Waals surface area contributed by atoms with Crippen molar-refractivity contribution in [2.75, 3.05) is 6.54 Å². The van der Waals surface area contributed by atoms with Gasteiger partial charge in [-0.2, -0.15) is 0 Å². The van der Waals surface area contributed by atoms with Gasteiger partial charge in [0, 0.05) is 18.4 Å². The Morgan fingerprint density at radius 3 is 2.67 bits per heavy atom. The van der Waals surface area contributed by atoms with E-state index in [4.69, 9.17) is 5.73 Å². The first kappa shape index (κ1) is 10.6. The van der Waals surface area contributed by atoms with E-state index in [-0.39, 0.29) is 0 Å². The van der Waals surface area contributed by atoms with Crippen LogP contribution in [0.2, 0.25) is 0 Å². The molecular weight excluding hydrogens is 188 g/mol. The third-order valence-corrected chi connectivity index (χ3v) is 3.17. The maximum Gasteiger partial charge on any atom is 0.0874 e. The minimum atomic E-state index is 0.402. The molecule has 4 heteroatoms. The molecule has 84 valence electrons. The van der Waals surface area contributed by atoms with Gasteiger partial charge in [-0.1, -0.05) is 11.6 Å². The van der Waals surface area contributed by atoms with Gasteiger partial charge in [0.05, 0.1) is 11.4 Å². The second kappa shape index (κ2) is 4.31. The first-order chi connectivity index (χ1) is 7.24. The Bertz CT molecular complexity index is 325. The molecular formula is C11H20N4. The number of rotatable bonds is 4. The summed E-state index contributed by atoms with van der Waals surface area (Å²) < 4.78 is 2.08. The highest BCUT2D eigenvalue weighted by atomic mass is 15.4. The fourth-order valence-electron chi connectivity index (χ4n) is 2.13. The molecule has 0 amide bonds. The normalized spacial score (nSPS) is 17.1. The summed E-state index contributed by atoms with van der Waals surface area (Å²) in [5, 5.41) is 8.51. The summed E-state index contributed by atoms with van der Waals surface area (Å²) in [5.41, 5.74) is 8.07. The lowest BCUT2D eigenvalue weighted by Gasteiger charge is -2.27. The van der Waals surface area contributed by atoms with E-state index in [9.17, 15) is 0 Å². The zero-order chi connectivity index (χ0) is 10.8. The summed E-state index contributed by atoms with van der Waals surface area (Å²) in [6, 6.07) is 0.402. The Morgan fingerprint density at radius 1 is 1.47 bits per heavy atom. The van der Waals surface area contributed by atoms with E-state index in [1.165, 1.54) is 25.0 Å². The average molecular weight is 208 g/mol. The largest absolute Gasteiger partial charge is 0.330 e. The van der Waals surface area contributed by atoms with Gasteiger partial charge in [0.15, 0.2) is 0 Å². The maximum absolute atomic E-state index is 5.60. The summed E-state index contributed by atoms with van der Waals surface area (Å²) >= 11 is 0. The van der Waals surface area contributed by atoms with Gasteiger partial charge in [-0.25, -0.2) is 4.68 Å². The third-order valence-electron chi connectivity index (χ3n) is 3.17. The third kappa shape index (κ3) is 1.91. The number of hydrogen-bond acceptors (Lipinski definition) is 3. The van der Waals surface area contributed by atoms with Gasteiger partial charge in [0.2, 0.25) is 0 Å². The summed E-state index contributed by atoms with van der Waals surface area (Å²) in [7, 11) is 0. The van der Waals surface area contributed by atoms with Crippen molar-refractivity contribution in [3.05, 3.63) is 11.4 Å². The quantitative estimate of drug-likeness (QED) is 0.818. The lowest BCUT2D eigenvalue weighted by molar-refractivity contribution is 0.372. The zero-order valence-electron chi connectivity index (χ0n) is 9.61. The molecule has 0 aromatic carbocycles. The molecule has 1 aromatic heterocycles. The van der Waals surface area contributed by atoms with Gasteiger partial charge in [0.25, 0.3) is 0 Å². The van der Waals surface area contributed by atoms with Crippen LogP contribution in [0.5, 0.6) is 0 Å². The Morgan fingerprint density at radius 2 is 2.20 bits per heavy atom. The summed E-state index contributed by atoms with van der Waals surface area (Å²) in [6.45, 7) is 4.97. The predicted molar refractivity (Wildman–Crippen MR) is 59.8 cm³/mol. The SMILES string of the molecule is CC(C)n1nnc(CCN)c1C1CCC1. The van der Waals surface area contributed by atoms with Crippen molar-refractivity contribution < 1.29 is 0 Å². The number of nitrogens with zero attached hydrogens (tertiary/aromatic N) is 3. The van der Waals surface area contributed by atoms with Crippen LogP contribution >= 0.6 is 0 Å². The van der Waals surface area contributed by atoms with E-state index in [1.807, 2.05) is 0 Å². The summed E-state index contributed by atoms with van der Waals surface area (Å²) in [4.78, 5) is 0. The topological polar surface area (TPSA) is 56.7 Å². The summed E-state index contributed by atoms with van der Waals surface area (Å²) in [6.07, 6.45) is 4.78. The van der Waals surface area contributed by atoms with Crippen molar-refractivity contribution in [1.29, 1.82) is 0 Å². The van der Waals surface area contributed by atoms with Crippen LogP contribution in [-0.4, -0.2) is 21.5 Å². The molecule has 0 radical (unpaired) electrons. The van der Waals surface area contributed by atoms with E-state index < -0.39 is 0 Å². The van der Waals surface area contributed by atoms with Crippen molar-refractivity contribution in [3.8, 4) is 0 Å². The highest BCUT2D eigenvalue weighted by molar-refractivity contribution is 5.19. The molecule has 1 saturated carbocycles. The minimum Gasteiger partial charge on any atom is -0.330 e. The molecule has 0 spiro atoms. The molecule has 1 fully saturated rings. The van der Waals surface area contributed by atoms with Crippen LogP contribution < -0.4 is 5.73 Å². The van der Waals surface area contributed by atoms with E-state index >= 15 is 0 Å². The number of hydrogen-bond donors (Lipinski definition) is 1. The van der Waals surface area contributed by atoms with Crippen molar-refractivity contribution >= 4 is 0 Å². The Labute approximate surface area is 90.8 Å². The molecule has 1 aromatic rings. The van der Waals surface area contributed by atoms with Crippen molar-refractivity contribution in [2.24, 2.45) is 5.73 Å². The number of aromatic nitrogens is 3. The number of nitrogens with two attached hydrogens (primary N) is 1. The van der Waals surface area contributed by atoms with Gasteiger partial charge >= 0.3 is 0 Å². The maximum atomic E-state index is 5.60. The van der Waals surface area contributed by atoms with Crippen molar-refractivity contribution in [1.82, 2.24) is 15.0 Å². The van der Waals surface area contributed by atoms with Crippen LogP contribution in [-0.2, 0) is 6.42 Å².